The molecule has 1 amide bonds. The number of amides is 1. The van der Waals surface area contributed by atoms with Gasteiger partial charge in [-0.3, -0.25) is 4.79 Å². The molecule has 5 heteroatoms. The summed E-state index contributed by atoms with van der Waals surface area (Å²) in [6.07, 6.45) is 0. The predicted molar refractivity (Wildman–Crippen MR) is 86.4 cm³/mol. The molecule has 0 bridgehead atoms. The topological polar surface area (TPSA) is 55.1 Å². The van der Waals surface area contributed by atoms with Gasteiger partial charge in [0, 0.05) is 0 Å². The van der Waals surface area contributed by atoms with Gasteiger partial charge in [0.15, 0.2) is 0 Å². The summed E-state index contributed by atoms with van der Waals surface area (Å²) in [5, 5.41) is 3.82. The number of hydrogen-bond donors (Lipinski definition) is 2. The molecule has 0 saturated heterocycles. The normalized spacial score (nSPS) is 13.5. The fourth-order valence-corrected chi connectivity index (χ4v) is 2.29. The molecular weight excluding hydrogens is 307 g/mol. The maximum absolute atomic E-state index is 12.2. The largest absolute Gasteiger partial charge is 0.348 e. The van der Waals surface area contributed by atoms with Gasteiger partial charge in [-0.2, -0.15) is 0 Å². The summed E-state index contributed by atoms with van der Waals surface area (Å²) in [6.45, 7) is 1.87. The van der Waals surface area contributed by atoms with Crippen molar-refractivity contribution in [1.29, 1.82) is 0 Å². The predicted octanol–water partition coefficient (Wildman–Crippen LogP) is 3.87. The van der Waals surface area contributed by atoms with Crippen LogP contribution in [0, 0.1) is 0 Å². The first-order chi connectivity index (χ1) is 9.99. The van der Waals surface area contributed by atoms with E-state index in [-0.39, 0.29) is 11.9 Å². The smallest absolute Gasteiger partial charge is 0.241 e. The van der Waals surface area contributed by atoms with E-state index in [1.807, 2.05) is 43.3 Å². The van der Waals surface area contributed by atoms with Crippen LogP contribution in [0.15, 0.2) is 48.5 Å². The number of nitrogens with one attached hydrogen (secondary N) is 1. The molecule has 2 aromatic rings. The Hall–Kier alpha value is -1.55. The van der Waals surface area contributed by atoms with Crippen molar-refractivity contribution >= 4 is 29.1 Å². The second-order valence-electron chi connectivity index (χ2n) is 4.79. The van der Waals surface area contributed by atoms with E-state index in [1.165, 1.54) is 0 Å². The molecule has 0 aromatic heterocycles. The highest BCUT2D eigenvalue weighted by molar-refractivity contribution is 6.42. The molecule has 0 radical (unpaired) electrons. The maximum Gasteiger partial charge on any atom is 0.241 e. The van der Waals surface area contributed by atoms with Crippen molar-refractivity contribution in [2.45, 2.75) is 19.0 Å². The second-order valence-corrected chi connectivity index (χ2v) is 5.61. The molecular formula is C16H16Cl2N2O. The third-order valence-corrected chi connectivity index (χ3v) is 3.98. The Balaban J connectivity index is 2.06. The monoisotopic (exact) mass is 322 g/mol. The quantitative estimate of drug-likeness (QED) is 0.897. The van der Waals surface area contributed by atoms with E-state index in [1.54, 1.807) is 12.1 Å². The van der Waals surface area contributed by atoms with Crippen molar-refractivity contribution in [1.82, 2.24) is 5.32 Å². The first-order valence-electron chi connectivity index (χ1n) is 6.55. The maximum atomic E-state index is 12.2. The molecule has 2 aromatic carbocycles. The van der Waals surface area contributed by atoms with Crippen LogP contribution in [-0.4, -0.2) is 5.91 Å². The average molecular weight is 323 g/mol. The van der Waals surface area contributed by atoms with Crippen LogP contribution in [0.3, 0.4) is 0 Å². The van der Waals surface area contributed by atoms with Crippen molar-refractivity contribution in [3.8, 4) is 0 Å². The van der Waals surface area contributed by atoms with Crippen LogP contribution in [-0.2, 0) is 4.79 Å². The van der Waals surface area contributed by atoms with Crippen molar-refractivity contribution in [2.24, 2.45) is 5.73 Å². The van der Waals surface area contributed by atoms with E-state index in [9.17, 15) is 4.79 Å². The number of carbonyl (C=O) groups excluding carboxylic acids is 1. The molecule has 0 saturated carbocycles. The van der Waals surface area contributed by atoms with Gasteiger partial charge >= 0.3 is 0 Å². The summed E-state index contributed by atoms with van der Waals surface area (Å²) in [5.41, 5.74) is 7.61. The molecule has 0 spiro atoms. The third-order valence-electron chi connectivity index (χ3n) is 3.24. The van der Waals surface area contributed by atoms with E-state index in [2.05, 4.69) is 5.32 Å². The zero-order valence-electron chi connectivity index (χ0n) is 11.5. The molecule has 2 unspecified atom stereocenters. The first-order valence-corrected chi connectivity index (χ1v) is 7.30. The van der Waals surface area contributed by atoms with Gasteiger partial charge in [-0.15, -0.1) is 0 Å². The lowest BCUT2D eigenvalue weighted by atomic mass is 10.1. The molecule has 0 fully saturated rings. The van der Waals surface area contributed by atoms with Gasteiger partial charge in [0.2, 0.25) is 5.91 Å². The molecule has 0 aliphatic heterocycles. The highest BCUT2D eigenvalue weighted by Gasteiger charge is 2.18. The minimum Gasteiger partial charge on any atom is -0.348 e. The summed E-state index contributed by atoms with van der Waals surface area (Å²) >= 11 is 11.9. The van der Waals surface area contributed by atoms with Crippen LogP contribution in [0.2, 0.25) is 10.0 Å². The van der Waals surface area contributed by atoms with Gasteiger partial charge in [0.25, 0.3) is 0 Å². The Morgan fingerprint density at radius 1 is 1.05 bits per heavy atom. The minimum absolute atomic E-state index is 0.206. The van der Waals surface area contributed by atoms with Crippen LogP contribution < -0.4 is 11.1 Å². The summed E-state index contributed by atoms with van der Waals surface area (Å²) in [6, 6.07) is 13.6. The van der Waals surface area contributed by atoms with E-state index in [4.69, 9.17) is 28.9 Å². The Morgan fingerprint density at radius 3 is 2.33 bits per heavy atom. The summed E-state index contributed by atoms with van der Waals surface area (Å²) in [4.78, 5) is 12.2. The van der Waals surface area contributed by atoms with Gasteiger partial charge in [-0.25, -0.2) is 0 Å². The van der Waals surface area contributed by atoms with Crippen LogP contribution in [0.4, 0.5) is 0 Å². The molecule has 0 aliphatic rings. The van der Waals surface area contributed by atoms with Gasteiger partial charge in [-0.05, 0) is 30.2 Å². The fourth-order valence-electron chi connectivity index (χ4n) is 1.98. The van der Waals surface area contributed by atoms with Gasteiger partial charge in [0.05, 0.1) is 16.1 Å². The molecule has 2 rings (SSSR count). The number of nitrogens with two attached hydrogens (primary N) is 1. The molecule has 2 atom stereocenters. The van der Waals surface area contributed by atoms with Crippen molar-refractivity contribution < 1.29 is 4.79 Å². The number of benzene rings is 2. The van der Waals surface area contributed by atoms with Gasteiger partial charge < -0.3 is 11.1 Å². The number of carbonyl (C=O) groups is 1. The molecule has 110 valence electrons. The van der Waals surface area contributed by atoms with Gasteiger partial charge in [0.1, 0.15) is 6.04 Å². The zero-order chi connectivity index (χ0) is 15.4. The second kappa shape index (κ2) is 6.94. The van der Waals surface area contributed by atoms with Crippen molar-refractivity contribution in [3.05, 3.63) is 69.7 Å². The Morgan fingerprint density at radius 2 is 1.71 bits per heavy atom. The third kappa shape index (κ3) is 3.97. The highest BCUT2D eigenvalue weighted by Crippen LogP contribution is 2.25. The lowest BCUT2D eigenvalue weighted by molar-refractivity contribution is -0.123. The van der Waals surface area contributed by atoms with Crippen LogP contribution >= 0.6 is 23.2 Å². The van der Waals surface area contributed by atoms with Crippen LogP contribution in [0.5, 0.6) is 0 Å². The van der Waals surface area contributed by atoms with E-state index in [0.29, 0.717) is 10.0 Å². The number of rotatable bonds is 4. The minimum atomic E-state index is -0.698. The number of halogens is 2. The molecule has 3 N–H and O–H groups in total. The van der Waals surface area contributed by atoms with Gasteiger partial charge in [-0.1, -0.05) is 59.6 Å². The average Bonchev–Trinajstić information content (AvgIpc) is 2.50. The molecule has 0 aliphatic carbocycles. The Bertz CT molecular complexity index is 631. The highest BCUT2D eigenvalue weighted by atomic mass is 35.5. The van der Waals surface area contributed by atoms with Crippen LogP contribution in [0.1, 0.15) is 30.1 Å². The Kier molecular flexibility index (Phi) is 5.23. The molecule has 21 heavy (non-hydrogen) atoms. The zero-order valence-corrected chi connectivity index (χ0v) is 13.0. The standard InChI is InChI=1S/C16H16Cl2N2O/c1-10(12-7-8-13(17)14(18)9-12)20-16(21)15(19)11-5-3-2-4-6-11/h2-10,15H,19H2,1H3,(H,20,21). The summed E-state index contributed by atoms with van der Waals surface area (Å²) in [7, 11) is 0. The van der Waals surface area contributed by atoms with Crippen molar-refractivity contribution in [3.63, 3.8) is 0 Å². The van der Waals surface area contributed by atoms with E-state index >= 15 is 0 Å². The Labute approximate surface area is 134 Å². The summed E-state index contributed by atoms with van der Waals surface area (Å²) < 4.78 is 0. The molecule has 0 heterocycles. The van der Waals surface area contributed by atoms with Crippen LogP contribution in [0.25, 0.3) is 0 Å². The SMILES string of the molecule is CC(NC(=O)C(N)c1ccccc1)c1ccc(Cl)c(Cl)c1. The lowest BCUT2D eigenvalue weighted by Crippen LogP contribution is -2.35. The van der Waals surface area contributed by atoms with Crippen molar-refractivity contribution in [2.75, 3.05) is 0 Å². The first kappa shape index (κ1) is 15.8. The van der Waals surface area contributed by atoms with E-state index < -0.39 is 6.04 Å². The van der Waals surface area contributed by atoms with E-state index in [0.717, 1.165) is 11.1 Å². The number of hydrogen-bond acceptors (Lipinski definition) is 2. The fraction of sp³-hybridized carbons (Fsp3) is 0.188. The molecule has 3 nitrogen and oxygen atoms in total. The summed E-state index contributed by atoms with van der Waals surface area (Å²) in [5.74, 6) is -0.236. The lowest BCUT2D eigenvalue weighted by Gasteiger charge is -2.18.